The molecule has 0 rings (SSSR count). The Hall–Kier alpha value is -0.440. The summed E-state index contributed by atoms with van der Waals surface area (Å²) in [6.07, 6.45) is -5.45. The highest BCUT2D eigenvalue weighted by molar-refractivity contribution is 7.61. The number of rotatable bonds is 2. The lowest BCUT2D eigenvalue weighted by molar-refractivity contribution is -0.167. The topological polar surface area (TPSA) is 26.3 Å². The van der Waals surface area contributed by atoms with Gasteiger partial charge in [-0.25, -0.2) is 0 Å². The first-order chi connectivity index (χ1) is 6.71. The highest BCUT2D eigenvalue weighted by Gasteiger charge is 2.70. The highest BCUT2D eigenvalue weighted by atomic mass is 31.2. The van der Waals surface area contributed by atoms with Gasteiger partial charge in [-0.3, -0.25) is 4.57 Å². The van der Waals surface area contributed by atoms with Gasteiger partial charge in [0.2, 0.25) is 0 Å². The third kappa shape index (κ3) is 3.55. The molecule has 0 fully saturated rings. The highest BCUT2D eigenvalue weighted by Crippen LogP contribution is 2.72. The molecule has 0 aromatic carbocycles. The van der Waals surface area contributed by atoms with Crippen molar-refractivity contribution < 1.29 is 48.6 Å². The van der Waals surface area contributed by atoms with Crippen molar-refractivity contribution in [2.75, 3.05) is 6.61 Å². The van der Waals surface area contributed by atoms with Gasteiger partial charge in [0.15, 0.2) is 6.61 Å². The van der Waals surface area contributed by atoms with Gasteiger partial charge in [-0.1, -0.05) is 0 Å². The molecule has 0 saturated heterocycles. The van der Waals surface area contributed by atoms with Crippen LogP contribution in [-0.2, 0) is 9.09 Å². The number of hydrogen-bond acceptors (Lipinski definition) is 2. The van der Waals surface area contributed by atoms with Crippen molar-refractivity contribution in [3.63, 3.8) is 0 Å². The van der Waals surface area contributed by atoms with Crippen LogP contribution in [0.2, 0.25) is 0 Å². The van der Waals surface area contributed by atoms with E-state index in [1.54, 1.807) is 0 Å². The first-order valence-electron chi connectivity index (χ1n) is 3.16. The minimum Gasteiger partial charge on any atom is -0.307 e. The van der Waals surface area contributed by atoms with E-state index in [0.717, 1.165) is 0 Å². The molecule has 0 aromatic heterocycles. The quantitative estimate of drug-likeness (QED) is 0.568. The lowest BCUT2D eigenvalue weighted by Gasteiger charge is -2.23. The van der Waals surface area contributed by atoms with Gasteiger partial charge < -0.3 is 4.52 Å². The van der Waals surface area contributed by atoms with Gasteiger partial charge in [0.05, 0.1) is 0 Å². The van der Waals surface area contributed by atoms with E-state index in [2.05, 4.69) is 4.52 Å². The number of alkyl halides is 9. The standard InChI is InChI=1S/C4H2F9O2P/c5-2(6,7)1-15-16(14,3(8,9)10)4(11,12)13/h1H2. The van der Waals surface area contributed by atoms with E-state index in [1.807, 2.05) is 0 Å². The molecule has 0 amide bonds. The molecule has 0 spiro atoms. The third-order valence-electron chi connectivity index (χ3n) is 1.08. The van der Waals surface area contributed by atoms with Crippen LogP contribution < -0.4 is 0 Å². The molecule has 0 aromatic rings. The van der Waals surface area contributed by atoms with E-state index in [-0.39, 0.29) is 0 Å². The molecule has 0 unspecified atom stereocenters. The first-order valence-corrected chi connectivity index (χ1v) is 4.78. The van der Waals surface area contributed by atoms with Crippen LogP contribution in [0.3, 0.4) is 0 Å². The van der Waals surface area contributed by atoms with Crippen LogP contribution >= 0.6 is 7.37 Å². The second kappa shape index (κ2) is 4.10. The summed E-state index contributed by atoms with van der Waals surface area (Å²) in [6, 6.07) is 0. The van der Waals surface area contributed by atoms with Gasteiger partial charge >= 0.3 is 25.4 Å². The average Bonchev–Trinajstić information content (AvgIpc) is 1.93. The minimum absolute atomic E-state index is 2.50. The van der Waals surface area contributed by atoms with Crippen LogP contribution in [-0.4, -0.2) is 24.6 Å². The van der Waals surface area contributed by atoms with Crippen molar-refractivity contribution in [3.8, 4) is 0 Å². The summed E-state index contributed by atoms with van der Waals surface area (Å²) >= 11 is 0. The Morgan fingerprint density at radius 3 is 1.31 bits per heavy atom. The molecule has 0 bridgehead atoms. The normalized spacial score (nSPS) is 15.3. The molecular weight excluding hydrogens is 282 g/mol. The molecule has 0 atom stereocenters. The Labute approximate surface area is 81.8 Å². The summed E-state index contributed by atoms with van der Waals surface area (Å²) in [4.78, 5) is 0. The zero-order valence-electron chi connectivity index (χ0n) is 6.87. The predicted octanol–water partition coefficient (Wildman–Crippen LogP) is 3.88. The van der Waals surface area contributed by atoms with Gasteiger partial charge in [0, 0.05) is 0 Å². The first kappa shape index (κ1) is 15.6. The second-order valence-electron chi connectivity index (χ2n) is 2.38. The van der Waals surface area contributed by atoms with Gasteiger partial charge in [-0.2, -0.15) is 39.5 Å². The van der Waals surface area contributed by atoms with E-state index in [1.165, 1.54) is 0 Å². The van der Waals surface area contributed by atoms with E-state index in [9.17, 15) is 44.1 Å². The lowest BCUT2D eigenvalue weighted by atomic mass is 10.7. The summed E-state index contributed by atoms with van der Waals surface area (Å²) in [5.41, 5.74) is 0. The fourth-order valence-electron chi connectivity index (χ4n) is 0.454. The minimum atomic E-state index is -7.40. The predicted molar refractivity (Wildman–Crippen MR) is 31.7 cm³/mol. The van der Waals surface area contributed by atoms with Crippen molar-refractivity contribution in [2.24, 2.45) is 0 Å². The van der Waals surface area contributed by atoms with Crippen LogP contribution in [0.25, 0.3) is 0 Å². The van der Waals surface area contributed by atoms with Crippen LogP contribution in [0.5, 0.6) is 0 Å². The van der Waals surface area contributed by atoms with Crippen molar-refractivity contribution in [1.29, 1.82) is 0 Å². The molecule has 0 saturated carbocycles. The molecule has 2 nitrogen and oxygen atoms in total. The Balaban J connectivity index is 5.09. The van der Waals surface area contributed by atoms with E-state index in [0.29, 0.717) is 0 Å². The zero-order chi connectivity index (χ0) is 13.4. The van der Waals surface area contributed by atoms with E-state index >= 15 is 0 Å². The molecule has 0 aliphatic rings. The van der Waals surface area contributed by atoms with E-state index in [4.69, 9.17) is 0 Å². The maximum atomic E-state index is 11.7. The second-order valence-corrected chi connectivity index (χ2v) is 4.75. The summed E-state index contributed by atoms with van der Waals surface area (Å²) < 4.78 is 117. The van der Waals surface area contributed by atoms with Gasteiger partial charge in [-0.15, -0.1) is 0 Å². The van der Waals surface area contributed by atoms with Crippen LogP contribution in [0.1, 0.15) is 0 Å². The van der Waals surface area contributed by atoms with Crippen molar-refractivity contribution in [2.45, 2.75) is 18.0 Å². The summed E-state index contributed by atoms with van der Waals surface area (Å²) in [6.45, 7) is -2.90. The van der Waals surface area contributed by atoms with Crippen LogP contribution in [0.15, 0.2) is 0 Å². The molecule has 0 N–H and O–H groups in total. The largest absolute Gasteiger partial charge is 0.475 e. The Bertz CT molecular complexity index is 267. The lowest BCUT2D eigenvalue weighted by Crippen LogP contribution is -2.27. The number of halogens is 9. The third-order valence-corrected chi connectivity index (χ3v) is 2.91. The van der Waals surface area contributed by atoms with Gasteiger partial charge in [0.1, 0.15) is 0 Å². The molecular formula is C4H2F9O2P. The van der Waals surface area contributed by atoms with Crippen LogP contribution in [0.4, 0.5) is 39.5 Å². The van der Waals surface area contributed by atoms with Crippen molar-refractivity contribution >= 4 is 7.37 Å². The van der Waals surface area contributed by atoms with Crippen molar-refractivity contribution in [3.05, 3.63) is 0 Å². The maximum Gasteiger partial charge on any atom is 0.475 e. The molecule has 0 aliphatic heterocycles. The molecule has 12 heteroatoms. The Morgan fingerprint density at radius 1 is 0.812 bits per heavy atom. The molecule has 0 aliphatic carbocycles. The van der Waals surface area contributed by atoms with Gasteiger partial charge in [0.25, 0.3) is 0 Å². The summed E-state index contributed by atoms with van der Waals surface area (Å²) in [5, 5.41) is 0. The van der Waals surface area contributed by atoms with Crippen LogP contribution in [0, 0.1) is 0 Å². The van der Waals surface area contributed by atoms with Gasteiger partial charge in [-0.05, 0) is 0 Å². The zero-order valence-corrected chi connectivity index (χ0v) is 7.77. The molecule has 0 radical (unpaired) electrons. The molecule has 98 valence electrons. The smallest absolute Gasteiger partial charge is 0.307 e. The Morgan fingerprint density at radius 2 is 1.12 bits per heavy atom. The Kier molecular flexibility index (Phi) is 3.99. The number of hydrogen-bond donors (Lipinski definition) is 0. The molecule has 0 heterocycles. The summed E-state index contributed by atoms with van der Waals surface area (Å²) in [5.74, 6) is -12.9. The fraction of sp³-hybridized carbons (Fsp3) is 1.00. The monoisotopic (exact) mass is 284 g/mol. The fourth-order valence-corrected chi connectivity index (χ4v) is 1.36. The average molecular weight is 284 g/mol. The SMILES string of the molecule is O=P(OCC(F)(F)F)(C(F)(F)F)C(F)(F)F. The summed E-state index contributed by atoms with van der Waals surface area (Å²) in [7, 11) is -7.40. The van der Waals surface area contributed by atoms with E-state index < -0.39 is 32.0 Å². The molecule has 16 heavy (non-hydrogen) atoms. The maximum absolute atomic E-state index is 11.7. The van der Waals surface area contributed by atoms with Crippen molar-refractivity contribution in [1.82, 2.24) is 0 Å².